The molecule has 3 rings (SSSR count). The van der Waals surface area contributed by atoms with Gasteiger partial charge in [0.2, 0.25) is 0 Å². The third-order valence-electron chi connectivity index (χ3n) is 3.21. The van der Waals surface area contributed by atoms with Crippen molar-refractivity contribution < 1.29 is 0 Å². The predicted molar refractivity (Wildman–Crippen MR) is 74.2 cm³/mol. The molecule has 5 heteroatoms. The molecule has 20 heavy (non-hydrogen) atoms. The summed E-state index contributed by atoms with van der Waals surface area (Å²) in [5.74, 6) is 0.133. The lowest BCUT2D eigenvalue weighted by Crippen LogP contribution is -2.08. The SMILES string of the molecule is Cc1cccc([C@@H](C#N)c2cc(C)nc3ncnn23)c1. The molecule has 0 fully saturated rings. The molecule has 2 heterocycles. The van der Waals surface area contributed by atoms with E-state index in [1.807, 2.05) is 44.2 Å². The summed E-state index contributed by atoms with van der Waals surface area (Å²) >= 11 is 0. The van der Waals surface area contributed by atoms with Gasteiger partial charge in [0.25, 0.3) is 5.78 Å². The second kappa shape index (κ2) is 4.74. The lowest BCUT2D eigenvalue weighted by molar-refractivity contribution is 0.818. The van der Waals surface area contributed by atoms with E-state index in [-0.39, 0.29) is 5.92 Å². The number of aromatic nitrogens is 4. The van der Waals surface area contributed by atoms with Crippen LogP contribution >= 0.6 is 0 Å². The molecule has 2 aromatic heterocycles. The Morgan fingerprint density at radius 3 is 2.85 bits per heavy atom. The van der Waals surface area contributed by atoms with E-state index in [0.29, 0.717) is 5.78 Å². The van der Waals surface area contributed by atoms with Gasteiger partial charge in [-0.1, -0.05) is 29.8 Å². The molecule has 0 saturated carbocycles. The molecule has 0 spiro atoms. The largest absolute Gasteiger partial charge is 0.252 e. The number of aryl methyl sites for hydroxylation is 2. The summed E-state index contributed by atoms with van der Waals surface area (Å²) in [6, 6.07) is 12.2. The van der Waals surface area contributed by atoms with E-state index < -0.39 is 0 Å². The highest BCUT2D eigenvalue weighted by Crippen LogP contribution is 2.25. The number of hydrogen-bond donors (Lipinski definition) is 0. The van der Waals surface area contributed by atoms with E-state index in [0.717, 1.165) is 22.5 Å². The minimum absolute atomic E-state index is 0.388. The fourth-order valence-electron chi connectivity index (χ4n) is 2.33. The zero-order valence-corrected chi connectivity index (χ0v) is 11.3. The van der Waals surface area contributed by atoms with Gasteiger partial charge in [-0.25, -0.2) is 4.98 Å². The van der Waals surface area contributed by atoms with Gasteiger partial charge in [0.05, 0.1) is 11.8 Å². The van der Waals surface area contributed by atoms with Crippen LogP contribution in [0, 0.1) is 25.2 Å². The maximum Gasteiger partial charge on any atom is 0.252 e. The minimum atomic E-state index is -0.388. The number of fused-ring (bicyclic) bond motifs is 1. The van der Waals surface area contributed by atoms with Crippen LogP contribution < -0.4 is 0 Å². The predicted octanol–water partition coefficient (Wildman–Crippen LogP) is 2.40. The molecular weight excluding hydrogens is 250 g/mol. The topological polar surface area (TPSA) is 66.9 Å². The van der Waals surface area contributed by atoms with Crippen molar-refractivity contribution in [3.8, 4) is 6.07 Å². The molecule has 0 N–H and O–H groups in total. The Labute approximate surface area is 116 Å². The van der Waals surface area contributed by atoms with Crippen LogP contribution in [0.15, 0.2) is 36.7 Å². The zero-order valence-electron chi connectivity index (χ0n) is 11.3. The lowest BCUT2D eigenvalue weighted by Gasteiger charge is -2.12. The summed E-state index contributed by atoms with van der Waals surface area (Å²) in [5, 5.41) is 13.7. The summed E-state index contributed by atoms with van der Waals surface area (Å²) in [7, 11) is 0. The molecule has 0 bridgehead atoms. The third-order valence-corrected chi connectivity index (χ3v) is 3.21. The first kappa shape index (κ1) is 12.3. The third kappa shape index (κ3) is 2.01. The summed E-state index contributed by atoms with van der Waals surface area (Å²) in [5.41, 5.74) is 3.70. The quantitative estimate of drug-likeness (QED) is 0.712. The van der Waals surface area contributed by atoms with Gasteiger partial charge in [0, 0.05) is 5.69 Å². The van der Waals surface area contributed by atoms with Crippen LogP contribution in [-0.2, 0) is 0 Å². The second-order valence-corrected chi connectivity index (χ2v) is 4.77. The number of benzene rings is 1. The monoisotopic (exact) mass is 263 g/mol. The molecule has 0 saturated heterocycles. The molecule has 0 radical (unpaired) electrons. The Hall–Kier alpha value is -2.74. The van der Waals surface area contributed by atoms with Crippen molar-refractivity contribution in [3.05, 3.63) is 59.2 Å². The molecule has 3 aromatic rings. The van der Waals surface area contributed by atoms with E-state index in [1.54, 1.807) is 4.52 Å². The average Bonchev–Trinajstić information content (AvgIpc) is 2.87. The molecular formula is C15H13N5. The van der Waals surface area contributed by atoms with Gasteiger partial charge in [-0.3, -0.25) is 0 Å². The Morgan fingerprint density at radius 1 is 1.25 bits per heavy atom. The fourth-order valence-corrected chi connectivity index (χ4v) is 2.33. The number of hydrogen-bond acceptors (Lipinski definition) is 4. The molecule has 1 aromatic carbocycles. The zero-order chi connectivity index (χ0) is 14.1. The molecule has 0 aliphatic heterocycles. The highest BCUT2D eigenvalue weighted by Gasteiger charge is 2.18. The maximum atomic E-state index is 9.58. The second-order valence-electron chi connectivity index (χ2n) is 4.77. The molecule has 1 atom stereocenters. The van der Waals surface area contributed by atoms with Crippen molar-refractivity contribution in [2.75, 3.05) is 0 Å². The molecule has 0 amide bonds. The van der Waals surface area contributed by atoms with E-state index in [9.17, 15) is 5.26 Å². The van der Waals surface area contributed by atoms with E-state index in [2.05, 4.69) is 21.1 Å². The van der Waals surface area contributed by atoms with Crippen molar-refractivity contribution >= 4 is 5.78 Å². The summed E-state index contributed by atoms with van der Waals surface area (Å²) in [6.07, 6.45) is 1.45. The van der Waals surface area contributed by atoms with Gasteiger partial charge in [-0.15, -0.1) is 0 Å². The molecule has 98 valence electrons. The van der Waals surface area contributed by atoms with Gasteiger partial charge in [0.1, 0.15) is 12.2 Å². The first-order valence-electron chi connectivity index (χ1n) is 6.32. The Bertz CT molecular complexity index is 812. The fraction of sp³-hybridized carbons (Fsp3) is 0.200. The highest BCUT2D eigenvalue weighted by atomic mass is 15.3. The van der Waals surface area contributed by atoms with Crippen LogP contribution in [0.1, 0.15) is 28.4 Å². The van der Waals surface area contributed by atoms with Crippen LogP contribution in [0.4, 0.5) is 0 Å². The smallest absolute Gasteiger partial charge is 0.216 e. The summed E-state index contributed by atoms with van der Waals surface area (Å²) in [4.78, 5) is 8.40. The number of rotatable bonds is 2. The van der Waals surface area contributed by atoms with Gasteiger partial charge >= 0.3 is 0 Å². The van der Waals surface area contributed by atoms with Crippen molar-refractivity contribution in [3.63, 3.8) is 0 Å². The number of nitrogens with zero attached hydrogens (tertiary/aromatic N) is 5. The van der Waals surface area contributed by atoms with Crippen molar-refractivity contribution in [1.29, 1.82) is 5.26 Å². The Kier molecular flexibility index (Phi) is 2.92. The maximum absolute atomic E-state index is 9.58. The van der Waals surface area contributed by atoms with E-state index in [1.165, 1.54) is 6.33 Å². The normalized spacial score (nSPS) is 12.2. The van der Waals surface area contributed by atoms with Crippen LogP contribution in [0.3, 0.4) is 0 Å². The Balaban J connectivity index is 2.22. The molecule has 0 aliphatic rings. The van der Waals surface area contributed by atoms with Gasteiger partial charge in [-0.05, 0) is 25.5 Å². The average molecular weight is 263 g/mol. The van der Waals surface area contributed by atoms with Gasteiger partial charge in [0.15, 0.2) is 0 Å². The van der Waals surface area contributed by atoms with E-state index >= 15 is 0 Å². The van der Waals surface area contributed by atoms with E-state index in [4.69, 9.17) is 0 Å². The molecule has 0 unspecified atom stereocenters. The van der Waals surface area contributed by atoms with Gasteiger partial charge < -0.3 is 0 Å². The van der Waals surface area contributed by atoms with Crippen LogP contribution in [0.5, 0.6) is 0 Å². The van der Waals surface area contributed by atoms with Crippen LogP contribution in [0.25, 0.3) is 5.78 Å². The number of nitriles is 1. The lowest BCUT2D eigenvalue weighted by atomic mass is 9.95. The standard InChI is InChI=1S/C15H13N5/c1-10-4-3-5-12(6-10)13(8-16)14-7-11(2)19-15-17-9-18-20(14)15/h3-7,9,13H,1-2H3/t13-/m1/s1. The first-order valence-corrected chi connectivity index (χ1v) is 6.32. The first-order chi connectivity index (χ1) is 9.69. The highest BCUT2D eigenvalue weighted by molar-refractivity contribution is 5.41. The molecule has 5 nitrogen and oxygen atoms in total. The van der Waals surface area contributed by atoms with Crippen LogP contribution in [0.2, 0.25) is 0 Å². The van der Waals surface area contributed by atoms with Crippen molar-refractivity contribution in [2.24, 2.45) is 0 Å². The minimum Gasteiger partial charge on any atom is -0.216 e. The summed E-state index contributed by atoms with van der Waals surface area (Å²) in [6.45, 7) is 3.91. The Morgan fingerprint density at radius 2 is 2.10 bits per heavy atom. The molecule has 0 aliphatic carbocycles. The van der Waals surface area contributed by atoms with Crippen molar-refractivity contribution in [1.82, 2.24) is 19.6 Å². The van der Waals surface area contributed by atoms with Gasteiger partial charge in [-0.2, -0.15) is 19.9 Å². The van der Waals surface area contributed by atoms with Crippen LogP contribution in [-0.4, -0.2) is 19.6 Å². The summed E-state index contributed by atoms with van der Waals surface area (Å²) < 4.78 is 1.63. The van der Waals surface area contributed by atoms with Crippen molar-refractivity contribution in [2.45, 2.75) is 19.8 Å².